The van der Waals surface area contributed by atoms with Crippen molar-refractivity contribution in [3.63, 3.8) is 0 Å². The molecule has 0 spiro atoms. The fraction of sp³-hybridized carbons (Fsp3) is 0.133. The zero-order chi connectivity index (χ0) is 15.2. The Balaban J connectivity index is 2.33. The van der Waals surface area contributed by atoms with E-state index in [-0.39, 0.29) is 5.91 Å². The smallest absolute Gasteiger partial charge is 0.255 e. The second-order valence-electron chi connectivity index (χ2n) is 4.13. The van der Waals surface area contributed by atoms with E-state index in [9.17, 15) is 4.79 Å². The lowest BCUT2D eigenvalue weighted by atomic mass is 10.1. The molecule has 0 atom stereocenters. The van der Waals surface area contributed by atoms with Gasteiger partial charge in [-0.05, 0) is 24.3 Å². The molecular weight excluding hydrogens is 268 g/mol. The number of carbonyl (C=O) groups excluding carboxylic acids is 1. The van der Waals surface area contributed by atoms with E-state index >= 15 is 0 Å². The van der Waals surface area contributed by atoms with Crippen LogP contribution >= 0.6 is 0 Å². The van der Waals surface area contributed by atoms with Crippen molar-refractivity contribution in [2.75, 3.05) is 24.8 Å². The average molecular weight is 282 g/mol. The van der Waals surface area contributed by atoms with Crippen molar-refractivity contribution in [2.24, 2.45) is 0 Å². The number of nitrogens with one attached hydrogen (secondary N) is 2. The fourth-order valence-corrected chi connectivity index (χ4v) is 1.82. The van der Waals surface area contributed by atoms with E-state index in [1.807, 2.05) is 6.07 Å². The second-order valence-corrected chi connectivity index (χ2v) is 4.13. The van der Waals surface area contributed by atoms with Crippen molar-refractivity contribution in [1.82, 2.24) is 4.98 Å². The number of hydrogen-bond acceptors (Lipinski definition) is 5. The Labute approximate surface area is 122 Å². The molecule has 106 valence electrons. The zero-order valence-corrected chi connectivity index (χ0v) is 11.7. The number of hydrogen-bond donors (Lipinski definition) is 2. The zero-order valence-electron chi connectivity index (χ0n) is 11.7. The Kier molecular flexibility index (Phi) is 4.36. The largest absolute Gasteiger partial charge is 0.495 e. The molecule has 2 N–H and O–H groups in total. The van der Waals surface area contributed by atoms with E-state index in [1.54, 1.807) is 37.4 Å². The lowest BCUT2D eigenvalue weighted by molar-refractivity contribution is 0.102. The van der Waals surface area contributed by atoms with Crippen molar-refractivity contribution in [1.29, 1.82) is 5.26 Å². The van der Waals surface area contributed by atoms with Crippen molar-refractivity contribution in [3.8, 4) is 11.8 Å². The van der Waals surface area contributed by atoms with Gasteiger partial charge in [0, 0.05) is 18.8 Å². The topological polar surface area (TPSA) is 87.0 Å². The fourth-order valence-electron chi connectivity index (χ4n) is 1.82. The van der Waals surface area contributed by atoms with Crippen molar-refractivity contribution in [3.05, 3.63) is 47.7 Å². The molecule has 6 nitrogen and oxygen atoms in total. The lowest BCUT2D eigenvalue weighted by Gasteiger charge is -2.12. The number of benzene rings is 1. The van der Waals surface area contributed by atoms with Crippen LogP contribution in [0.5, 0.6) is 5.75 Å². The molecule has 0 saturated heterocycles. The molecule has 0 saturated carbocycles. The third-order valence-corrected chi connectivity index (χ3v) is 2.88. The van der Waals surface area contributed by atoms with Crippen LogP contribution in [0.25, 0.3) is 0 Å². The van der Waals surface area contributed by atoms with Crippen molar-refractivity contribution < 1.29 is 9.53 Å². The summed E-state index contributed by atoms with van der Waals surface area (Å²) in [7, 11) is 3.20. The summed E-state index contributed by atoms with van der Waals surface area (Å²) in [5.41, 5.74) is 1.13. The number of rotatable bonds is 4. The molecule has 0 aliphatic heterocycles. The molecule has 0 aliphatic carbocycles. The summed E-state index contributed by atoms with van der Waals surface area (Å²) >= 11 is 0. The van der Waals surface area contributed by atoms with Crippen LogP contribution in [0.4, 0.5) is 11.5 Å². The van der Waals surface area contributed by atoms with Gasteiger partial charge in [0.15, 0.2) is 0 Å². The first-order valence-corrected chi connectivity index (χ1v) is 6.22. The summed E-state index contributed by atoms with van der Waals surface area (Å²) in [6.07, 6.45) is 1.54. The van der Waals surface area contributed by atoms with Gasteiger partial charge >= 0.3 is 0 Å². The third kappa shape index (κ3) is 3.09. The molecule has 2 aromatic rings. The number of nitriles is 1. The number of anilines is 2. The van der Waals surface area contributed by atoms with Crippen LogP contribution in [0.3, 0.4) is 0 Å². The van der Waals surface area contributed by atoms with E-state index < -0.39 is 0 Å². The van der Waals surface area contributed by atoms with Gasteiger partial charge in [-0.1, -0.05) is 6.07 Å². The Morgan fingerprint density at radius 3 is 2.86 bits per heavy atom. The van der Waals surface area contributed by atoms with Gasteiger partial charge in [0.05, 0.1) is 12.7 Å². The summed E-state index contributed by atoms with van der Waals surface area (Å²) < 4.78 is 5.18. The Hall–Kier alpha value is -3.07. The number of para-hydroxylation sites is 1. The van der Waals surface area contributed by atoms with Gasteiger partial charge in [0.2, 0.25) is 0 Å². The maximum absolute atomic E-state index is 12.3. The maximum Gasteiger partial charge on any atom is 0.255 e. The van der Waals surface area contributed by atoms with Crippen LogP contribution in [-0.4, -0.2) is 25.0 Å². The van der Waals surface area contributed by atoms with Crippen LogP contribution in [0.1, 0.15) is 15.9 Å². The monoisotopic (exact) mass is 282 g/mol. The van der Waals surface area contributed by atoms with Crippen LogP contribution in [-0.2, 0) is 0 Å². The first-order valence-electron chi connectivity index (χ1n) is 6.22. The van der Waals surface area contributed by atoms with Gasteiger partial charge in [0.1, 0.15) is 23.3 Å². The Morgan fingerprint density at radius 1 is 1.38 bits per heavy atom. The van der Waals surface area contributed by atoms with Crippen LogP contribution in [0.2, 0.25) is 0 Å². The van der Waals surface area contributed by atoms with Gasteiger partial charge in [-0.25, -0.2) is 4.98 Å². The number of amides is 1. The molecular formula is C15H14N4O2. The molecule has 6 heteroatoms. The SMILES string of the molecule is CNc1cc(C(=O)Nc2c(C#N)cccc2OC)ccn1. The van der Waals surface area contributed by atoms with Crippen molar-refractivity contribution in [2.45, 2.75) is 0 Å². The van der Waals surface area contributed by atoms with E-state index in [0.29, 0.717) is 28.4 Å². The van der Waals surface area contributed by atoms with E-state index in [2.05, 4.69) is 15.6 Å². The summed E-state index contributed by atoms with van der Waals surface area (Å²) in [6.45, 7) is 0. The first kappa shape index (κ1) is 14.3. The van der Waals surface area contributed by atoms with Gasteiger partial charge in [0.25, 0.3) is 5.91 Å². The quantitative estimate of drug-likeness (QED) is 0.898. The number of pyridine rings is 1. The number of carbonyl (C=O) groups is 1. The third-order valence-electron chi connectivity index (χ3n) is 2.88. The minimum absolute atomic E-state index is 0.338. The molecule has 0 radical (unpaired) electrons. The van der Waals surface area contributed by atoms with Crippen molar-refractivity contribution >= 4 is 17.4 Å². The van der Waals surface area contributed by atoms with Gasteiger partial charge < -0.3 is 15.4 Å². The standard InChI is InChI=1S/C15H14N4O2/c1-17-13-8-10(6-7-18-13)15(20)19-14-11(9-16)4-3-5-12(14)21-2/h3-8H,1-2H3,(H,17,18)(H,19,20). The molecule has 1 aromatic heterocycles. The summed E-state index contributed by atoms with van der Waals surface area (Å²) in [5.74, 6) is 0.684. The number of nitrogens with zero attached hydrogens (tertiary/aromatic N) is 2. The van der Waals surface area contributed by atoms with E-state index in [1.165, 1.54) is 13.3 Å². The second kappa shape index (κ2) is 6.39. The summed E-state index contributed by atoms with van der Waals surface area (Å²) in [6, 6.07) is 10.2. The highest BCUT2D eigenvalue weighted by atomic mass is 16.5. The minimum Gasteiger partial charge on any atom is -0.495 e. The maximum atomic E-state index is 12.3. The first-order chi connectivity index (χ1) is 10.2. The highest BCUT2D eigenvalue weighted by Gasteiger charge is 2.14. The molecule has 1 aromatic carbocycles. The van der Waals surface area contributed by atoms with Gasteiger partial charge in [-0.15, -0.1) is 0 Å². The average Bonchev–Trinajstić information content (AvgIpc) is 2.54. The number of methoxy groups -OCH3 is 1. The number of ether oxygens (including phenoxy) is 1. The highest BCUT2D eigenvalue weighted by Crippen LogP contribution is 2.28. The molecule has 1 amide bonds. The van der Waals surface area contributed by atoms with Gasteiger partial charge in [-0.3, -0.25) is 4.79 Å². The van der Waals surface area contributed by atoms with Crippen LogP contribution in [0, 0.1) is 11.3 Å². The molecule has 0 fully saturated rings. The Morgan fingerprint density at radius 2 is 2.19 bits per heavy atom. The van der Waals surface area contributed by atoms with Crippen LogP contribution < -0.4 is 15.4 Å². The molecule has 0 aliphatic rings. The molecule has 2 rings (SSSR count). The predicted molar refractivity (Wildman–Crippen MR) is 79.4 cm³/mol. The Bertz CT molecular complexity index is 707. The molecule has 21 heavy (non-hydrogen) atoms. The summed E-state index contributed by atoms with van der Waals surface area (Å²) in [5, 5.41) is 14.7. The molecule has 1 heterocycles. The minimum atomic E-state index is -0.338. The molecule has 0 bridgehead atoms. The summed E-state index contributed by atoms with van der Waals surface area (Å²) in [4.78, 5) is 16.3. The normalized spacial score (nSPS) is 9.57. The van der Waals surface area contributed by atoms with E-state index in [4.69, 9.17) is 10.00 Å². The lowest BCUT2D eigenvalue weighted by Crippen LogP contribution is -2.14. The van der Waals surface area contributed by atoms with E-state index in [0.717, 1.165) is 0 Å². The van der Waals surface area contributed by atoms with Gasteiger partial charge in [-0.2, -0.15) is 5.26 Å². The highest BCUT2D eigenvalue weighted by molar-refractivity contribution is 6.06. The predicted octanol–water partition coefficient (Wildman–Crippen LogP) is 2.26. The number of aromatic nitrogens is 1. The molecule has 0 unspecified atom stereocenters. The van der Waals surface area contributed by atoms with Crippen LogP contribution in [0.15, 0.2) is 36.5 Å².